The van der Waals surface area contributed by atoms with Crippen LogP contribution in [0.1, 0.15) is 25.3 Å². The van der Waals surface area contributed by atoms with Gasteiger partial charge < -0.3 is 0 Å². The molecule has 0 fully saturated rings. The van der Waals surface area contributed by atoms with Crippen LogP contribution in [0.3, 0.4) is 0 Å². The molecule has 1 aromatic carbocycles. The molecule has 0 atom stereocenters. The van der Waals surface area contributed by atoms with Crippen molar-refractivity contribution < 1.29 is 8.42 Å². The molecule has 3 heteroatoms. The van der Waals surface area contributed by atoms with Gasteiger partial charge >= 0.3 is 0 Å². The number of benzene rings is 1. The van der Waals surface area contributed by atoms with Crippen molar-refractivity contribution in [3.8, 4) is 12.3 Å². The smallest absolute Gasteiger partial charge is 0.189 e. The number of hydrogen-bond donors (Lipinski definition) is 0. The third kappa shape index (κ3) is 2.60. The lowest BCUT2D eigenvalue weighted by Gasteiger charge is -2.11. The number of rotatable bonds is 3. The van der Waals surface area contributed by atoms with E-state index in [0.717, 1.165) is 5.56 Å². The Morgan fingerprint density at radius 3 is 2.47 bits per heavy atom. The summed E-state index contributed by atoms with van der Waals surface area (Å²) in [6.45, 7) is 3.93. The molecule has 1 rings (SSSR count). The SMILES string of the molecule is C#CCS(=O)(=O)c1ccccc1C(C)C. The van der Waals surface area contributed by atoms with Crippen molar-refractivity contribution in [3.05, 3.63) is 29.8 Å². The second-order valence-electron chi connectivity index (χ2n) is 3.66. The van der Waals surface area contributed by atoms with E-state index < -0.39 is 9.84 Å². The first-order valence-corrected chi connectivity index (χ1v) is 6.39. The summed E-state index contributed by atoms with van der Waals surface area (Å²) in [4.78, 5) is 0.359. The van der Waals surface area contributed by atoms with E-state index in [-0.39, 0.29) is 11.7 Å². The minimum Gasteiger partial charge on any atom is -0.223 e. The predicted octanol–water partition coefficient (Wildman–Crippen LogP) is 2.22. The van der Waals surface area contributed by atoms with Gasteiger partial charge in [0.15, 0.2) is 9.84 Å². The van der Waals surface area contributed by atoms with Crippen LogP contribution in [-0.4, -0.2) is 14.2 Å². The standard InChI is InChI=1S/C12H14O2S/c1-4-9-15(13,14)12-8-6-5-7-11(12)10(2)3/h1,5-8,10H,9H2,2-3H3. The predicted molar refractivity (Wildman–Crippen MR) is 61.4 cm³/mol. The lowest BCUT2D eigenvalue weighted by molar-refractivity contribution is 0.597. The Bertz CT molecular complexity index is 479. The minimum absolute atomic E-state index is 0.175. The fourth-order valence-corrected chi connectivity index (χ4v) is 2.75. The van der Waals surface area contributed by atoms with Gasteiger partial charge in [-0.15, -0.1) is 6.42 Å². The van der Waals surface area contributed by atoms with Gasteiger partial charge in [0.05, 0.1) is 4.90 Å². The summed E-state index contributed by atoms with van der Waals surface area (Å²) in [5.41, 5.74) is 0.827. The zero-order chi connectivity index (χ0) is 11.5. The van der Waals surface area contributed by atoms with Gasteiger partial charge in [-0.1, -0.05) is 38.0 Å². The maximum Gasteiger partial charge on any atom is 0.189 e. The molecular formula is C12H14O2S. The highest BCUT2D eigenvalue weighted by Crippen LogP contribution is 2.23. The lowest BCUT2D eigenvalue weighted by Crippen LogP contribution is -2.08. The fourth-order valence-electron chi connectivity index (χ4n) is 1.43. The molecule has 0 bridgehead atoms. The van der Waals surface area contributed by atoms with Crippen molar-refractivity contribution >= 4 is 9.84 Å². The van der Waals surface area contributed by atoms with Gasteiger partial charge in [0.25, 0.3) is 0 Å². The van der Waals surface area contributed by atoms with Crippen LogP contribution < -0.4 is 0 Å². The molecule has 0 aliphatic heterocycles. The number of hydrogen-bond acceptors (Lipinski definition) is 2. The molecule has 80 valence electrons. The van der Waals surface area contributed by atoms with E-state index in [1.54, 1.807) is 12.1 Å². The Balaban J connectivity index is 3.33. The molecule has 0 heterocycles. The summed E-state index contributed by atoms with van der Waals surface area (Å²) >= 11 is 0. The maximum absolute atomic E-state index is 11.8. The monoisotopic (exact) mass is 222 g/mol. The van der Waals surface area contributed by atoms with Crippen LogP contribution in [-0.2, 0) is 9.84 Å². The molecular weight excluding hydrogens is 208 g/mol. The lowest BCUT2D eigenvalue weighted by atomic mass is 10.0. The van der Waals surface area contributed by atoms with Gasteiger partial charge in [0.1, 0.15) is 5.75 Å². The largest absolute Gasteiger partial charge is 0.223 e. The van der Waals surface area contributed by atoms with Crippen molar-refractivity contribution in [1.82, 2.24) is 0 Å². The van der Waals surface area contributed by atoms with E-state index in [1.807, 2.05) is 26.0 Å². The molecule has 0 radical (unpaired) electrons. The van der Waals surface area contributed by atoms with Crippen LogP contribution >= 0.6 is 0 Å². The normalized spacial score (nSPS) is 11.3. The summed E-state index contributed by atoms with van der Waals surface area (Å²) in [6.07, 6.45) is 5.05. The van der Waals surface area contributed by atoms with Crippen LogP contribution in [0.15, 0.2) is 29.2 Å². The van der Waals surface area contributed by atoms with Crippen LogP contribution in [0.2, 0.25) is 0 Å². The second-order valence-corrected chi connectivity index (χ2v) is 5.61. The fraction of sp³-hybridized carbons (Fsp3) is 0.333. The quantitative estimate of drug-likeness (QED) is 0.735. The topological polar surface area (TPSA) is 34.1 Å². The van der Waals surface area contributed by atoms with E-state index in [2.05, 4.69) is 5.92 Å². The Hall–Kier alpha value is -1.27. The molecule has 0 amide bonds. The average molecular weight is 222 g/mol. The van der Waals surface area contributed by atoms with Crippen LogP contribution in [0, 0.1) is 12.3 Å². The van der Waals surface area contributed by atoms with Crippen molar-refractivity contribution in [2.45, 2.75) is 24.7 Å². The van der Waals surface area contributed by atoms with Crippen molar-refractivity contribution in [2.24, 2.45) is 0 Å². The Kier molecular flexibility index (Phi) is 3.54. The van der Waals surface area contributed by atoms with Crippen molar-refractivity contribution in [3.63, 3.8) is 0 Å². The molecule has 0 N–H and O–H groups in total. The first-order valence-electron chi connectivity index (χ1n) is 4.74. The molecule has 0 saturated heterocycles. The van der Waals surface area contributed by atoms with Crippen LogP contribution in [0.4, 0.5) is 0 Å². The highest BCUT2D eigenvalue weighted by molar-refractivity contribution is 7.91. The Morgan fingerprint density at radius 2 is 1.93 bits per heavy atom. The van der Waals surface area contributed by atoms with Gasteiger partial charge in [-0.25, -0.2) is 8.42 Å². The van der Waals surface area contributed by atoms with E-state index >= 15 is 0 Å². The first-order chi connectivity index (χ1) is 6.99. The van der Waals surface area contributed by atoms with Gasteiger partial charge in [-0.2, -0.15) is 0 Å². The first kappa shape index (κ1) is 11.8. The number of sulfone groups is 1. The van der Waals surface area contributed by atoms with E-state index in [0.29, 0.717) is 4.90 Å². The summed E-state index contributed by atoms with van der Waals surface area (Å²) in [6, 6.07) is 7.00. The summed E-state index contributed by atoms with van der Waals surface area (Å²) in [5.74, 6) is 2.12. The summed E-state index contributed by atoms with van der Waals surface area (Å²) < 4.78 is 23.6. The molecule has 2 nitrogen and oxygen atoms in total. The minimum atomic E-state index is -3.32. The Labute approximate surface area is 91.2 Å². The average Bonchev–Trinajstić information content (AvgIpc) is 2.17. The zero-order valence-corrected chi connectivity index (χ0v) is 9.71. The molecule has 0 aliphatic carbocycles. The highest BCUT2D eigenvalue weighted by Gasteiger charge is 2.18. The maximum atomic E-state index is 11.8. The molecule has 0 saturated carbocycles. The molecule has 0 spiro atoms. The van der Waals surface area contributed by atoms with Crippen molar-refractivity contribution in [1.29, 1.82) is 0 Å². The van der Waals surface area contributed by atoms with Gasteiger partial charge in [0, 0.05) is 0 Å². The van der Waals surface area contributed by atoms with Gasteiger partial charge in [0.2, 0.25) is 0 Å². The van der Waals surface area contributed by atoms with Crippen LogP contribution in [0.5, 0.6) is 0 Å². The molecule has 0 unspecified atom stereocenters. The van der Waals surface area contributed by atoms with E-state index in [4.69, 9.17) is 6.42 Å². The third-order valence-electron chi connectivity index (χ3n) is 2.15. The Morgan fingerprint density at radius 1 is 1.33 bits per heavy atom. The summed E-state index contributed by atoms with van der Waals surface area (Å²) in [5, 5.41) is 0. The zero-order valence-electron chi connectivity index (χ0n) is 8.90. The summed E-state index contributed by atoms with van der Waals surface area (Å²) in [7, 11) is -3.32. The van der Waals surface area contributed by atoms with Crippen LogP contribution in [0.25, 0.3) is 0 Å². The second kappa shape index (κ2) is 4.50. The third-order valence-corrected chi connectivity index (χ3v) is 3.74. The molecule has 0 aliphatic rings. The molecule has 1 aromatic rings. The van der Waals surface area contributed by atoms with E-state index in [1.165, 1.54) is 0 Å². The van der Waals surface area contributed by atoms with Gasteiger partial charge in [-0.3, -0.25) is 0 Å². The molecule has 15 heavy (non-hydrogen) atoms. The van der Waals surface area contributed by atoms with E-state index in [9.17, 15) is 8.42 Å². The highest BCUT2D eigenvalue weighted by atomic mass is 32.2. The number of terminal acetylenes is 1. The van der Waals surface area contributed by atoms with Gasteiger partial charge in [-0.05, 0) is 17.5 Å². The molecule has 0 aromatic heterocycles. The van der Waals surface area contributed by atoms with Crippen molar-refractivity contribution in [2.75, 3.05) is 5.75 Å².